The Morgan fingerprint density at radius 2 is 1.88 bits per heavy atom. The predicted octanol–water partition coefficient (Wildman–Crippen LogP) is 3.43. The molecule has 0 saturated carbocycles. The molecule has 0 radical (unpaired) electrons. The highest BCUT2D eigenvalue weighted by molar-refractivity contribution is 6.00. The molecule has 0 aliphatic carbocycles. The third-order valence-corrected chi connectivity index (χ3v) is 6.10. The molecule has 0 atom stereocenters. The first-order chi connectivity index (χ1) is 16.1. The van der Waals surface area contributed by atoms with Crippen LogP contribution >= 0.6 is 0 Å². The van der Waals surface area contributed by atoms with Crippen molar-refractivity contribution < 1.29 is 14.0 Å². The topological polar surface area (TPSA) is 117 Å². The van der Waals surface area contributed by atoms with E-state index in [4.69, 9.17) is 11.0 Å². The van der Waals surface area contributed by atoms with Gasteiger partial charge in [0.25, 0.3) is 5.91 Å². The van der Waals surface area contributed by atoms with Crippen molar-refractivity contribution in [1.82, 2.24) is 20.0 Å². The van der Waals surface area contributed by atoms with Gasteiger partial charge in [-0.3, -0.25) is 9.48 Å². The summed E-state index contributed by atoms with van der Waals surface area (Å²) >= 11 is 0. The van der Waals surface area contributed by atoms with Gasteiger partial charge in [-0.25, -0.2) is 9.18 Å². The van der Waals surface area contributed by atoms with Gasteiger partial charge in [0, 0.05) is 12.1 Å². The van der Waals surface area contributed by atoms with E-state index in [9.17, 15) is 14.0 Å². The molecule has 8 nitrogen and oxygen atoms in total. The van der Waals surface area contributed by atoms with Gasteiger partial charge in [-0.15, -0.1) is 0 Å². The summed E-state index contributed by atoms with van der Waals surface area (Å²) in [6.45, 7) is 6.33. The molecule has 2 heterocycles. The van der Waals surface area contributed by atoms with Crippen LogP contribution < -0.4 is 11.1 Å². The lowest BCUT2D eigenvalue weighted by Gasteiger charge is -2.33. The van der Waals surface area contributed by atoms with E-state index < -0.39 is 11.4 Å². The molecule has 0 fully saturated rings. The van der Waals surface area contributed by atoms with Gasteiger partial charge >= 0.3 is 6.03 Å². The quantitative estimate of drug-likeness (QED) is 0.620. The van der Waals surface area contributed by atoms with Crippen LogP contribution in [0.5, 0.6) is 0 Å². The number of halogens is 1. The van der Waals surface area contributed by atoms with Crippen molar-refractivity contribution in [3.8, 4) is 17.3 Å². The Morgan fingerprint density at radius 1 is 1.18 bits per heavy atom. The maximum atomic E-state index is 13.8. The van der Waals surface area contributed by atoms with E-state index in [1.54, 1.807) is 40.8 Å². The van der Waals surface area contributed by atoms with Crippen molar-refractivity contribution in [3.63, 3.8) is 0 Å². The highest BCUT2D eigenvalue weighted by Gasteiger charge is 2.32. The summed E-state index contributed by atoms with van der Waals surface area (Å²) < 4.78 is 15.4. The van der Waals surface area contributed by atoms with Crippen molar-refractivity contribution in [2.75, 3.05) is 6.54 Å². The van der Waals surface area contributed by atoms with Crippen molar-refractivity contribution in [3.05, 3.63) is 76.2 Å². The summed E-state index contributed by atoms with van der Waals surface area (Å²) in [6, 6.07) is 13.3. The Bertz CT molecular complexity index is 1320. The Labute approximate surface area is 196 Å². The zero-order valence-corrected chi connectivity index (χ0v) is 19.2. The molecule has 1 aliphatic heterocycles. The highest BCUT2D eigenvalue weighted by Crippen LogP contribution is 2.30. The Hall–Kier alpha value is -4.19. The third-order valence-electron chi connectivity index (χ3n) is 6.10. The largest absolute Gasteiger partial charge is 0.365 e. The summed E-state index contributed by atoms with van der Waals surface area (Å²) in [5, 5.41) is 16.6. The summed E-state index contributed by atoms with van der Waals surface area (Å²) in [4.78, 5) is 27.1. The number of carbonyl (C=O) groups is 2. The summed E-state index contributed by atoms with van der Waals surface area (Å²) in [7, 11) is 0. The summed E-state index contributed by atoms with van der Waals surface area (Å²) in [5.74, 6) is -1.00. The molecule has 3 aromatic rings. The number of carbonyl (C=O) groups excluding carboxylic acids is 2. The van der Waals surface area contributed by atoms with E-state index in [0.29, 0.717) is 41.2 Å². The lowest BCUT2D eigenvalue weighted by Crippen LogP contribution is -2.50. The highest BCUT2D eigenvalue weighted by atomic mass is 19.1. The predicted molar refractivity (Wildman–Crippen MR) is 124 cm³/mol. The number of nitrogens with one attached hydrogen (secondary N) is 1. The fourth-order valence-electron chi connectivity index (χ4n) is 4.12. The van der Waals surface area contributed by atoms with E-state index in [0.717, 1.165) is 5.56 Å². The SMILES string of the molecule is Cc1cc(-c2nn3c(c2C(N)=O)CN(C(=O)NC(C)(C)c2ccc(C#N)cc2)CC3)ccc1F. The monoisotopic (exact) mass is 460 g/mol. The van der Waals surface area contributed by atoms with Crippen LogP contribution in [0.4, 0.5) is 9.18 Å². The first-order valence-electron chi connectivity index (χ1n) is 10.8. The number of aromatic nitrogens is 2. The van der Waals surface area contributed by atoms with E-state index in [1.807, 2.05) is 26.0 Å². The van der Waals surface area contributed by atoms with Crippen molar-refractivity contribution in [2.45, 2.75) is 39.4 Å². The zero-order chi connectivity index (χ0) is 24.6. The number of aryl methyl sites for hydroxylation is 1. The van der Waals surface area contributed by atoms with E-state index in [1.165, 1.54) is 6.07 Å². The number of nitrogens with two attached hydrogens (primary N) is 1. The van der Waals surface area contributed by atoms with Gasteiger partial charge < -0.3 is 16.0 Å². The summed E-state index contributed by atoms with van der Waals surface area (Å²) in [6.07, 6.45) is 0. The van der Waals surface area contributed by atoms with Crippen molar-refractivity contribution in [1.29, 1.82) is 5.26 Å². The van der Waals surface area contributed by atoms with E-state index >= 15 is 0 Å². The van der Waals surface area contributed by atoms with Gasteiger partial charge in [0.2, 0.25) is 0 Å². The molecule has 0 bridgehead atoms. The molecule has 4 rings (SSSR count). The molecule has 0 saturated heterocycles. The van der Waals surface area contributed by atoms with Gasteiger partial charge in [-0.1, -0.05) is 12.1 Å². The van der Waals surface area contributed by atoms with Crippen LogP contribution in [0, 0.1) is 24.1 Å². The minimum atomic E-state index is -0.688. The Balaban J connectivity index is 1.59. The minimum absolute atomic E-state index is 0.154. The number of benzene rings is 2. The molecule has 9 heteroatoms. The smallest absolute Gasteiger partial charge is 0.318 e. The van der Waals surface area contributed by atoms with Crippen LogP contribution in [-0.4, -0.2) is 33.2 Å². The summed E-state index contributed by atoms with van der Waals surface area (Å²) in [5.41, 5.74) is 8.59. The van der Waals surface area contributed by atoms with Crippen LogP contribution in [0.15, 0.2) is 42.5 Å². The van der Waals surface area contributed by atoms with Crippen LogP contribution in [0.3, 0.4) is 0 Å². The molecule has 3 amide bonds. The molecule has 34 heavy (non-hydrogen) atoms. The van der Waals surface area contributed by atoms with Crippen molar-refractivity contribution >= 4 is 11.9 Å². The number of nitriles is 1. The van der Waals surface area contributed by atoms with Crippen LogP contribution in [-0.2, 0) is 18.6 Å². The van der Waals surface area contributed by atoms with Crippen LogP contribution in [0.25, 0.3) is 11.3 Å². The molecule has 1 aliphatic rings. The number of rotatable bonds is 4. The molecular formula is C25H25FN6O2. The van der Waals surface area contributed by atoms with Gasteiger partial charge in [-0.05, 0) is 62.2 Å². The standard InChI is InChI=1S/C25H25FN6O2/c1-15-12-17(6-9-19(15)26)22-21(23(28)33)20-14-31(10-11-32(20)30-22)24(34)29-25(2,3)18-7-4-16(13-27)5-8-18/h4-9,12H,10-11,14H2,1-3H3,(H2,28,33)(H,29,34). The normalized spacial score (nSPS) is 13.2. The van der Waals surface area contributed by atoms with E-state index in [2.05, 4.69) is 16.5 Å². The molecule has 2 aromatic carbocycles. The number of hydrogen-bond acceptors (Lipinski definition) is 4. The minimum Gasteiger partial charge on any atom is -0.365 e. The maximum Gasteiger partial charge on any atom is 0.318 e. The van der Waals surface area contributed by atoms with Crippen LogP contribution in [0.2, 0.25) is 0 Å². The Morgan fingerprint density at radius 3 is 2.50 bits per heavy atom. The van der Waals surface area contributed by atoms with E-state index in [-0.39, 0.29) is 24.0 Å². The number of nitrogens with zero attached hydrogens (tertiary/aromatic N) is 4. The third kappa shape index (κ3) is 4.22. The number of primary amides is 1. The number of urea groups is 1. The average Bonchev–Trinajstić information content (AvgIpc) is 3.19. The van der Waals surface area contributed by atoms with Gasteiger partial charge in [0.05, 0.1) is 41.5 Å². The second kappa shape index (κ2) is 8.63. The second-order valence-electron chi connectivity index (χ2n) is 8.89. The zero-order valence-electron chi connectivity index (χ0n) is 19.2. The fourth-order valence-corrected chi connectivity index (χ4v) is 4.12. The lowest BCUT2D eigenvalue weighted by atomic mass is 9.93. The first-order valence-corrected chi connectivity index (χ1v) is 10.8. The van der Waals surface area contributed by atoms with Gasteiger partial charge in [0.1, 0.15) is 11.5 Å². The number of hydrogen-bond donors (Lipinski definition) is 2. The van der Waals surface area contributed by atoms with Crippen LogP contribution in [0.1, 0.15) is 46.6 Å². The maximum absolute atomic E-state index is 13.8. The fraction of sp³-hybridized carbons (Fsp3) is 0.280. The Kier molecular flexibility index (Phi) is 5.83. The molecule has 3 N–H and O–H groups in total. The molecule has 0 unspecified atom stereocenters. The molecular weight excluding hydrogens is 435 g/mol. The van der Waals surface area contributed by atoms with Gasteiger partial charge in [-0.2, -0.15) is 10.4 Å². The average molecular weight is 461 g/mol. The second-order valence-corrected chi connectivity index (χ2v) is 8.89. The number of fused-ring (bicyclic) bond motifs is 1. The first kappa shape index (κ1) is 23.0. The lowest BCUT2D eigenvalue weighted by molar-refractivity contribution is 0.0997. The number of amides is 3. The molecule has 174 valence electrons. The molecule has 0 spiro atoms. The molecule has 1 aromatic heterocycles. The van der Waals surface area contributed by atoms with Crippen molar-refractivity contribution in [2.24, 2.45) is 5.73 Å². The van der Waals surface area contributed by atoms with Gasteiger partial charge in [0.15, 0.2) is 0 Å².